The van der Waals surface area contributed by atoms with E-state index in [1.807, 2.05) is 182 Å². The van der Waals surface area contributed by atoms with Crippen molar-refractivity contribution in [2.24, 2.45) is 9.98 Å². The number of H-pyrrole nitrogens is 1. The number of aromatic amines is 1. The molecule has 6 N–H and O–H groups in total. The summed E-state index contributed by atoms with van der Waals surface area (Å²) in [5, 5.41) is 16.8. The van der Waals surface area contributed by atoms with Crippen LogP contribution in [0.15, 0.2) is 270 Å². The van der Waals surface area contributed by atoms with Crippen LogP contribution in [0.1, 0.15) is 111 Å². The van der Waals surface area contributed by atoms with Gasteiger partial charge in [0.05, 0.1) is 34.8 Å². The van der Waals surface area contributed by atoms with Crippen molar-refractivity contribution < 1.29 is 19.2 Å². The Kier molecular flexibility index (Phi) is 18.9. The van der Waals surface area contributed by atoms with E-state index in [4.69, 9.17) is 56.4 Å². The van der Waals surface area contributed by atoms with Gasteiger partial charge in [0.2, 0.25) is 0 Å². The minimum absolute atomic E-state index is 0. The standard InChI is InChI=1S/C76H56Cl4N8O4.CH4/c77-41-45-13-9-17-49(37-45)73(89)85-57-25-5-1-21-53(57)69-61-29-31-63(81-61)70(54-22-2-6-26-58(54)86-74(90)50-18-10-14-46(38-50)42-78)65-33-35-67(83-65)72(56-24-4-8-28-60(56)88-76(92)52-20-12-16-48(40-52)44-80)68-36-34-66(84-68)71(64-32-30-62(69)82-64)55-23-3-7-27-59(55)87-75(91)51-19-11-15-47(39-51)43-79;/h1-40,61,69,81,84H,41-44H2,(H,85,89)(H,86,90)(H,87,91)(H,88,92);1H4/b70-63-,71-64-,72-67-;. The first-order chi connectivity index (χ1) is 45.0. The van der Waals surface area contributed by atoms with Gasteiger partial charge in [0.15, 0.2) is 0 Å². The fourth-order valence-corrected chi connectivity index (χ4v) is 12.6. The molecule has 0 fully saturated rings. The predicted molar refractivity (Wildman–Crippen MR) is 380 cm³/mol. The molecule has 4 amide bonds. The number of para-hydroxylation sites is 4. The van der Waals surface area contributed by atoms with Gasteiger partial charge in [0.25, 0.3) is 23.6 Å². The highest BCUT2D eigenvalue weighted by Crippen LogP contribution is 2.43. The van der Waals surface area contributed by atoms with Gasteiger partial charge in [0, 0.05) is 119 Å². The predicted octanol–water partition coefficient (Wildman–Crippen LogP) is 17.9. The van der Waals surface area contributed by atoms with Gasteiger partial charge in [-0.2, -0.15) is 0 Å². The Hall–Kier alpha value is -10.3. The number of rotatable bonds is 16. The van der Waals surface area contributed by atoms with Crippen molar-refractivity contribution in [1.29, 1.82) is 0 Å². The van der Waals surface area contributed by atoms with E-state index < -0.39 is 12.0 Å². The van der Waals surface area contributed by atoms with Crippen LogP contribution < -0.4 is 26.6 Å². The Labute approximate surface area is 558 Å². The Bertz CT molecular complexity index is 4740. The molecule has 13 rings (SSSR count). The van der Waals surface area contributed by atoms with Crippen LogP contribution in [-0.2, 0) is 23.5 Å². The molecule has 9 aromatic rings. The number of carbonyl (C=O) groups is 4. The smallest absolute Gasteiger partial charge is 0.255 e. The molecule has 93 heavy (non-hydrogen) atoms. The van der Waals surface area contributed by atoms with E-state index in [-0.39, 0.29) is 54.6 Å². The fraction of sp³-hybridized carbons (Fsp3) is 0.0909. The van der Waals surface area contributed by atoms with Crippen molar-refractivity contribution in [3.63, 3.8) is 0 Å². The summed E-state index contributed by atoms with van der Waals surface area (Å²) in [6, 6.07) is 62.8. The number of hydrogen-bond acceptors (Lipinski definition) is 7. The lowest BCUT2D eigenvalue weighted by molar-refractivity contribution is 0.101. The number of aliphatic imine (C=N–C) groups is 2. The van der Waals surface area contributed by atoms with Crippen LogP contribution in [0.5, 0.6) is 0 Å². The Balaban J connectivity index is 0.00000832. The van der Waals surface area contributed by atoms with Gasteiger partial charge in [-0.1, -0.05) is 135 Å². The van der Waals surface area contributed by atoms with E-state index in [1.165, 1.54) is 0 Å². The van der Waals surface area contributed by atoms with Crippen molar-refractivity contribution >= 4 is 121 Å². The molecule has 0 saturated carbocycles. The lowest BCUT2D eigenvalue weighted by Gasteiger charge is -2.27. The van der Waals surface area contributed by atoms with E-state index >= 15 is 0 Å². The number of amides is 4. The molecule has 12 nitrogen and oxygen atoms in total. The molecule has 460 valence electrons. The molecule has 4 aliphatic rings. The third kappa shape index (κ3) is 13.3. The molecule has 5 heterocycles. The minimum Gasteiger partial charge on any atom is -0.377 e. The zero-order valence-corrected chi connectivity index (χ0v) is 52.1. The van der Waals surface area contributed by atoms with Crippen LogP contribution in [0.3, 0.4) is 0 Å². The second-order valence-corrected chi connectivity index (χ2v) is 23.2. The Morgan fingerprint density at radius 2 is 0.785 bits per heavy atom. The van der Waals surface area contributed by atoms with Crippen molar-refractivity contribution in [2.45, 2.75) is 42.9 Å². The molecule has 8 aromatic carbocycles. The molecule has 0 saturated heterocycles. The summed E-state index contributed by atoms with van der Waals surface area (Å²) in [4.78, 5) is 72.4. The van der Waals surface area contributed by atoms with Crippen LogP contribution in [0, 0.1) is 0 Å². The molecular formula is C77H60Cl4N8O4. The van der Waals surface area contributed by atoms with Crippen LogP contribution >= 0.6 is 46.4 Å². The second kappa shape index (κ2) is 28.0. The number of benzene rings is 8. The summed E-state index contributed by atoms with van der Waals surface area (Å²) >= 11 is 25.1. The molecule has 4 aliphatic heterocycles. The van der Waals surface area contributed by atoms with Gasteiger partial charge in [-0.25, -0.2) is 4.99 Å². The lowest BCUT2D eigenvalue weighted by Crippen LogP contribution is -2.34. The number of fused-ring (bicyclic) bond motifs is 6. The Morgan fingerprint density at radius 3 is 1.24 bits per heavy atom. The number of hydrogen-bond donors (Lipinski definition) is 6. The molecule has 0 radical (unpaired) electrons. The van der Waals surface area contributed by atoms with Crippen LogP contribution in [0.2, 0.25) is 0 Å². The molecule has 0 aliphatic carbocycles. The second-order valence-electron chi connectivity index (χ2n) is 22.2. The number of allylic oxidation sites excluding steroid dienone is 6. The highest BCUT2D eigenvalue weighted by molar-refractivity contribution is 6.33. The number of anilines is 4. The van der Waals surface area contributed by atoms with Gasteiger partial charge in [-0.3, -0.25) is 24.2 Å². The minimum atomic E-state index is -0.585. The van der Waals surface area contributed by atoms with Crippen LogP contribution in [0.25, 0.3) is 16.7 Å². The van der Waals surface area contributed by atoms with Crippen molar-refractivity contribution in [3.05, 3.63) is 338 Å². The van der Waals surface area contributed by atoms with E-state index in [0.29, 0.717) is 118 Å². The van der Waals surface area contributed by atoms with Crippen LogP contribution in [0.4, 0.5) is 22.7 Å². The van der Waals surface area contributed by atoms with E-state index in [1.54, 1.807) is 54.6 Å². The summed E-state index contributed by atoms with van der Waals surface area (Å²) < 4.78 is 0. The third-order valence-electron chi connectivity index (χ3n) is 16.3. The SMILES string of the molecule is C.O=C(Nc1ccccc1/C1=C2\C=CC(N2)C(c2ccccc2NC(=O)c2cccc(CCl)c2)C2=N/C(=C(/c3ccccc3NC(=O)c3cccc(CCl)c3)c3ccc([nH]3)/C(c3ccccc3NC(=O)c3cccc(CCl)c3)=C3/C=CC1=N3)C=C2)c1cccc(CCl)c1. The molecule has 8 bridgehead atoms. The first kappa shape index (κ1) is 62.8. The van der Waals surface area contributed by atoms with Gasteiger partial charge >= 0.3 is 0 Å². The largest absolute Gasteiger partial charge is 0.377 e. The zero-order valence-electron chi connectivity index (χ0n) is 49.1. The summed E-state index contributed by atoms with van der Waals surface area (Å²) in [6.45, 7) is 0. The van der Waals surface area contributed by atoms with Crippen molar-refractivity contribution in [2.75, 3.05) is 21.3 Å². The number of aromatic nitrogens is 1. The fourth-order valence-electron chi connectivity index (χ4n) is 11.9. The maximum atomic E-state index is 14.4. The van der Waals surface area contributed by atoms with Crippen molar-refractivity contribution in [1.82, 2.24) is 10.3 Å². The average Bonchev–Trinajstić information content (AvgIpc) is 1.62. The quantitative estimate of drug-likeness (QED) is 0.0529. The maximum Gasteiger partial charge on any atom is 0.255 e. The van der Waals surface area contributed by atoms with Gasteiger partial charge in [0.1, 0.15) is 0 Å². The highest BCUT2D eigenvalue weighted by atomic mass is 35.5. The molecule has 1 aromatic heterocycles. The van der Waals surface area contributed by atoms with Gasteiger partial charge in [-0.05, 0) is 143 Å². The molecule has 16 heteroatoms. The van der Waals surface area contributed by atoms with E-state index in [9.17, 15) is 19.2 Å². The van der Waals surface area contributed by atoms with E-state index in [2.05, 4.69) is 37.6 Å². The maximum absolute atomic E-state index is 14.4. The molecule has 2 unspecified atom stereocenters. The van der Waals surface area contributed by atoms with Crippen molar-refractivity contribution in [3.8, 4) is 0 Å². The molecule has 0 spiro atoms. The summed E-state index contributed by atoms with van der Waals surface area (Å²) in [7, 11) is 0. The normalized spacial score (nSPS) is 17.6. The highest BCUT2D eigenvalue weighted by Gasteiger charge is 2.35. The number of alkyl halides is 4. The van der Waals surface area contributed by atoms with Gasteiger partial charge < -0.3 is 31.6 Å². The lowest BCUT2D eigenvalue weighted by atomic mass is 9.86. The summed E-state index contributed by atoms with van der Waals surface area (Å²) in [6.07, 6.45) is 12.0. The number of carbonyl (C=O) groups excluding carboxylic acids is 4. The first-order valence-electron chi connectivity index (χ1n) is 29.7. The summed E-state index contributed by atoms with van der Waals surface area (Å²) in [5.74, 6) is -0.953. The monoisotopic (exact) mass is 1300 g/mol. The first-order valence-corrected chi connectivity index (χ1v) is 31.8. The third-order valence-corrected chi connectivity index (χ3v) is 17.5. The zero-order chi connectivity index (χ0) is 63.2. The van der Waals surface area contributed by atoms with E-state index in [0.717, 1.165) is 27.8 Å². The van der Waals surface area contributed by atoms with Crippen LogP contribution in [-0.4, -0.2) is 46.1 Å². The molecular weight excluding hydrogens is 1240 g/mol. The topological polar surface area (TPSA) is 169 Å². The molecule has 2 atom stereocenters. The Morgan fingerprint density at radius 1 is 0.398 bits per heavy atom. The average molecular weight is 1300 g/mol. The van der Waals surface area contributed by atoms with Gasteiger partial charge in [-0.15, -0.1) is 46.4 Å². The summed E-state index contributed by atoms with van der Waals surface area (Å²) in [5.41, 5.74) is 16.0. The number of nitrogens with zero attached hydrogens (tertiary/aromatic N) is 2. The number of halogens is 4. The number of nitrogens with one attached hydrogen (secondary N) is 6.